The topological polar surface area (TPSA) is 140 Å². The highest BCUT2D eigenvalue weighted by Gasteiger charge is 2.41. The number of ether oxygens (including phenoxy) is 2. The second kappa shape index (κ2) is 11.1. The van der Waals surface area contributed by atoms with Crippen molar-refractivity contribution in [2.45, 2.75) is 64.4 Å². The monoisotopic (exact) mass is 494 g/mol. The molecule has 3 rings (SSSR count). The van der Waals surface area contributed by atoms with Gasteiger partial charge in [-0.1, -0.05) is 25.4 Å². The van der Waals surface area contributed by atoms with Crippen LogP contribution in [0.2, 0.25) is 5.02 Å². The Morgan fingerprint density at radius 1 is 1.29 bits per heavy atom. The number of rotatable bonds is 8. The molecular formula is C23H31ClN4O6. The number of nitrogens with zero attached hydrogens (tertiary/aromatic N) is 1. The fraction of sp³-hybridized carbons (Fsp3) is 0.565. The van der Waals surface area contributed by atoms with Crippen molar-refractivity contribution >= 4 is 41.0 Å². The van der Waals surface area contributed by atoms with Gasteiger partial charge in [-0.15, -0.1) is 0 Å². The fourth-order valence-electron chi connectivity index (χ4n) is 3.93. The Bertz CT molecular complexity index is 955. The normalized spacial score (nSPS) is 23.0. The molecule has 0 aromatic heterocycles. The summed E-state index contributed by atoms with van der Waals surface area (Å²) in [4.78, 5) is 51.8. The van der Waals surface area contributed by atoms with Gasteiger partial charge in [0.15, 0.2) is 0 Å². The molecule has 4 atom stereocenters. The third kappa shape index (κ3) is 6.18. The van der Waals surface area contributed by atoms with Gasteiger partial charge in [0.1, 0.15) is 18.1 Å². The molecule has 4 N–H and O–H groups in total. The highest BCUT2D eigenvalue weighted by molar-refractivity contribution is 6.33. The molecule has 2 heterocycles. The van der Waals surface area contributed by atoms with E-state index in [1.54, 1.807) is 6.92 Å². The zero-order chi connectivity index (χ0) is 25.0. The van der Waals surface area contributed by atoms with Crippen molar-refractivity contribution in [3.8, 4) is 0 Å². The minimum absolute atomic E-state index is 0.00573. The Labute approximate surface area is 203 Å². The van der Waals surface area contributed by atoms with Crippen molar-refractivity contribution in [2.75, 3.05) is 18.9 Å². The van der Waals surface area contributed by atoms with Crippen LogP contribution in [0.3, 0.4) is 0 Å². The summed E-state index contributed by atoms with van der Waals surface area (Å²) in [5, 5.41) is 5.70. The summed E-state index contributed by atoms with van der Waals surface area (Å²) >= 11 is 5.98. The van der Waals surface area contributed by atoms with Crippen LogP contribution in [0.5, 0.6) is 0 Å². The summed E-state index contributed by atoms with van der Waals surface area (Å²) in [6.07, 6.45) is 0.275. The second-order valence-electron chi connectivity index (χ2n) is 9.03. The van der Waals surface area contributed by atoms with Crippen LogP contribution in [0.25, 0.3) is 0 Å². The Morgan fingerprint density at radius 2 is 2.03 bits per heavy atom. The lowest BCUT2D eigenvalue weighted by Gasteiger charge is -2.28. The third-order valence-corrected chi connectivity index (χ3v) is 6.03. The summed E-state index contributed by atoms with van der Waals surface area (Å²) in [6, 6.07) is 2.26. The van der Waals surface area contributed by atoms with E-state index in [0.717, 1.165) is 0 Å². The molecule has 0 spiro atoms. The van der Waals surface area contributed by atoms with E-state index < -0.39 is 36.3 Å². The van der Waals surface area contributed by atoms with Crippen molar-refractivity contribution in [1.29, 1.82) is 0 Å². The number of nitrogens with one attached hydrogen (secondary N) is 2. The van der Waals surface area contributed by atoms with Gasteiger partial charge in [0.25, 0.3) is 5.91 Å². The number of hydrogen-bond donors (Lipinski definition) is 3. The largest absolute Gasteiger partial charge is 0.433 e. The number of carbonyl (C=O) groups is 4. The van der Waals surface area contributed by atoms with Crippen LogP contribution in [0.4, 0.5) is 5.69 Å². The molecule has 11 heteroatoms. The summed E-state index contributed by atoms with van der Waals surface area (Å²) in [7, 11) is 0. The maximum Gasteiger partial charge on any atom is 0.310 e. The first-order valence-corrected chi connectivity index (χ1v) is 11.7. The zero-order valence-corrected chi connectivity index (χ0v) is 20.3. The van der Waals surface area contributed by atoms with Crippen LogP contribution in [0.1, 0.15) is 50.4 Å². The lowest BCUT2D eigenvalue weighted by Crippen LogP contribution is -2.54. The number of nitrogen functional groups attached to an aromatic ring is 1. The van der Waals surface area contributed by atoms with E-state index in [1.165, 1.54) is 23.1 Å². The standard InChI is InChI=1S/C23H31ClN4O6/c1-12(2)11-33-23-17(10-19(29)34-23)27-21(31)18-5-4-8-28(18)22(32)13(3)26-20(30)14-6-7-16(25)15(24)9-14/h6-7,9,12-13,17-18,23H,4-5,8,10-11,25H2,1-3H3,(H,26,30)(H,27,31)/t13-,17?,18-,23+/m0/s1. The number of cyclic esters (lactones) is 1. The molecule has 1 unspecified atom stereocenters. The first-order valence-electron chi connectivity index (χ1n) is 11.3. The Hall–Kier alpha value is -2.85. The second-order valence-corrected chi connectivity index (χ2v) is 9.43. The fourth-order valence-corrected chi connectivity index (χ4v) is 4.11. The Balaban J connectivity index is 1.60. The predicted molar refractivity (Wildman–Crippen MR) is 125 cm³/mol. The Morgan fingerprint density at radius 3 is 2.71 bits per heavy atom. The van der Waals surface area contributed by atoms with Gasteiger partial charge in [-0.2, -0.15) is 0 Å². The number of esters is 1. The van der Waals surface area contributed by atoms with Gasteiger partial charge in [-0.25, -0.2) is 0 Å². The number of amides is 3. The molecule has 0 bridgehead atoms. The number of benzene rings is 1. The van der Waals surface area contributed by atoms with Gasteiger partial charge in [-0.05, 0) is 43.9 Å². The summed E-state index contributed by atoms with van der Waals surface area (Å²) in [5.41, 5.74) is 6.29. The van der Waals surface area contributed by atoms with Crippen molar-refractivity contribution in [2.24, 2.45) is 5.92 Å². The molecular weight excluding hydrogens is 464 g/mol. The number of halogens is 1. The molecule has 2 saturated heterocycles. The zero-order valence-electron chi connectivity index (χ0n) is 19.5. The molecule has 34 heavy (non-hydrogen) atoms. The van der Waals surface area contributed by atoms with Gasteiger partial charge >= 0.3 is 5.97 Å². The molecule has 2 aliphatic rings. The first-order chi connectivity index (χ1) is 16.1. The van der Waals surface area contributed by atoms with Gasteiger partial charge in [0, 0.05) is 12.1 Å². The van der Waals surface area contributed by atoms with Crippen LogP contribution >= 0.6 is 11.6 Å². The molecule has 3 amide bonds. The molecule has 186 valence electrons. The molecule has 0 saturated carbocycles. The number of hydrogen-bond acceptors (Lipinski definition) is 7. The average Bonchev–Trinajstić information content (AvgIpc) is 3.40. The number of anilines is 1. The van der Waals surface area contributed by atoms with Crippen molar-refractivity contribution in [3.05, 3.63) is 28.8 Å². The minimum Gasteiger partial charge on any atom is -0.433 e. The van der Waals surface area contributed by atoms with Crippen LogP contribution in [0.15, 0.2) is 18.2 Å². The SMILES string of the molecule is CC(C)CO[C@@H]1OC(=O)CC1NC(=O)[C@@H]1CCCN1C(=O)[C@H](C)NC(=O)c1ccc(N)c(Cl)c1. The lowest BCUT2D eigenvalue weighted by atomic mass is 10.1. The third-order valence-electron chi connectivity index (χ3n) is 5.70. The number of carbonyl (C=O) groups excluding carboxylic acids is 4. The van der Waals surface area contributed by atoms with Crippen molar-refractivity contribution in [3.63, 3.8) is 0 Å². The van der Waals surface area contributed by atoms with Crippen LogP contribution < -0.4 is 16.4 Å². The number of nitrogens with two attached hydrogens (primary N) is 1. The maximum absolute atomic E-state index is 13.1. The van der Waals surface area contributed by atoms with E-state index in [0.29, 0.717) is 31.7 Å². The van der Waals surface area contributed by atoms with Crippen LogP contribution in [0, 0.1) is 5.92 Å². The smallest absolute Gasteiger partial charge is 0.310 e. The maximum atomic E-state index is 13.1. The van der Waals surface area contributed by atoms with Crippen LogP contribution in [-0.4, -0.2) is 66.2 Å². The highest BCUT2D eigenvalue weighted by atomic mass is 35.5. The van der Waals surface area contributed by atoms with E-state index in [4.69, 9.17) is 26.8 Å². The lowest BCUT2D eigenvalue weighted by molar-refractivity contribution is -0.167. The minimum atomic E-state index is -0.865. The van der Waals surface area contributed by atoms with Gasteiger partial charge in [-0.3, -0.25) is 19.2 Å². The predicted octanol–water partition coefficient (Wildman–Crippen LogP) is 1.46. The average molecular weight is 495 g/mol. The molecule has 2 fully saturated rings. The van der Waals surface area contributed by atoms with Crippen molar-refractivity contribution in [1.82, 2.24) is 15.5 Å². The summed E-state index contributed by atoms with van der Waals surface area (Å²) in [5.74, 6) is -1.44. The Kier molecular flexibility index (Phi) is 8.37. The molecule has 0 radical (unpaired) electrons. The molecule has 10 nitrogen and oxygen atoms in total. The van der Waals surface area contributed by atoms with E-state index in [-0.39, 0.29) is 34.7 Å². The van der Waals surface area contributed by atoms with Crippen molar-refractivity contribution < 1.29 is 28.7 Å². The van der Waals surface area contributed by atoms with Crippen LogP contribution in [-0.2, 0) is 23.9 Å². The van der Waals surface area contributed by atoms with E-state index in [1.807, 2.05) is 13.8 Å². The highest BCUT2D eigenvalue weighted by Crippen LogP contribution is 2.23. The molecule has 1 aromatic carbocycles. The van der Waals surface area contributed by atoms with E-state index in [2.05, 4.69) is 10.6 Å². The summed E-state index contributed by atoms with van der Waals surface area (Å²) < 4.78 is 10.8. The summed E-state index contributed by atoms with van der Waals surface area (Å²) in [6.45, 7) is 6.26. The molecule has 1 aromatic rings. The quantitative estimate of drug-likeness (QED) is 0.367. The molecule has 2 aliphatic heterocycles. The molecule has 0 aliphatic carbocycles. The first kappa shape index (κ1) is 25.8. The number of likely N-dealkylation sites (tertiary alicyclic amines) is 1. The van der Waals surface area contributed by atoms with E-state index in [9.17, 15) is 19.2 Å². The van der Waals surface area contributed by atoms with Gasteiger partial charge in [0.2, 0.25) is 18.1 Å². The van der Waals surface area contributed by atoms with Gasteiger partial charge in [0.05, 0.1) is 23.7 Å². The van der Waals surface area contributed by atoms with Gasteiger partial charge < -0.3 is 30.7 Å². The van der Waals surface area contributed by atoms with E-state index >= 15 is 0 Å².